The number of hydrogen-bond donors (Lipinski definition) is 0. The maximum atomic E-state index is 14.2. The van der Waals surface area contributed by atoms with Crippen molar-refractivity contribution >= 4 is 44.6 Å². The van der Waals surface area contributed by atoms with E-state index in [2.05, 4.69) is 17.1 Å². The SMILES string of the molecule is FC(F)(F)c1cc([B-](c2cc(C(F)(F)F)cc(C(F)(F)F)c2)(c2cc(C(F)(F)F)cc(C(F)(F)F)c2)c2cc(C(F)(F)F)cc(C(F)(F)F)c2)cc(C(F)(F)F)c1.O=C(c1ccc2ccccc2c1)c1cncc[n+]1Cc1ccccc1. The number of benzene rings is 7. The maximum Gasteiger partial charge on any atom is 0.416 e. The summed E-state index contributed by atoms with van der Waals surface area (Å²) in [5.41, 5.74) is -27.8. The normalized spacial score (nSPS) is 13.2. The minimum atomic E-state index is -6.13. The summed E-state index contributed by atoms with van der Waals surface area (Å²) >= 11 is 0. The van der Waals surface area contributed by atoms with Gasteiger partial charge in [-0.05, 0) is 41.1 Å². The van der Waals surface area contributed by atoms with Crippen LogP contribution in [0.25, 0.3) is 10.8 Å². The number of alkyl halides is 24. The average Bonchev–Trinajstić information content (AvgIpc) is 3.27. The van der Waals surface area contributed by atoms with Gasteiger partial charge >= 0.3 is 49.4 Å². The van der Waals surface area contributed by atoms with E-state index >= 15 is 0 Å². The van der Waals surface area contributed by atoms with E-state index in [9.17, 15) is 110 Å². The quantitative estimate of drug-likeness (QED) is 0.0658. The van der Waals surface area contributed by atoms with Crippen LogP contribution in [0.1, 0.15) is 66.1 Å². The van der Waals surface area contributed by atoms with Crippen molar-refractivity contribution in [1.29, 1.82) is 0 Å². The lowest BCUT2D eigenvalue weighted by Gasteiger charge is -2.46. The van der Waals surface area contributed by atoms with E-state index in [1.165, 1.54) is 0 Å². The lowest BCUT2D eigenvalue weighted by Crippen LogP contribution is -2.75. The third-order valence-corrected chi connectivity index (χ3v) is 12.7. The summed E-state index contributed by atoms with van der Waals surface area (Å²) in [6.07, 6.45) is -49.6. The molecule has 8 aromatic rings. The molecule has 8 rings (SSSR count). The van der Waals surface area contributed by atoms with E-state index in [4.69, 9.17) is 0 Å². The second-order valence-corrected chi connectivity index (χ2v) is 18.2. The molecule has 0 atom stereocenters. The minimum Gasteiger partial charge on any atom is -0.282 e. The number of carbonyl (C=O) groups is 1. The standard InChI is InChI=1S/C32H12BF24.C22H17N2O/c34-25(35,36)13-1-14(26(37,38)39)6-21(5-13)33(22-7-15(27(40,41)42)2-16(8-22)28(43,44)45,23-9-17(29(46,47)48)3-18(10-23)30(49,50)51)24-11-19(31(52,53)54)4-20(12-24)32(55,56)57;25-22(20-11-10-18-8-4-5-9-19(18)14-20)21-15-23-12-13-24(21)16-17-6-2-1-3-7-17/h1-12H;1-15H,16H2/q-1;+1. The molecule has 0 aliphatic rings. The number of halogens is 24. The van der Waals surface area contributed by atoms with E-state index in [1.54, 1.807) is 12.4 Å². The predicted molar refractivity (Wildman–Crippen MR) is 247 cm³/mol. The fourth-order valence-electron chi connectivity index (χ4n) is 9.04. The second-order valence-electron chi connectivity index (χ2n) is 18.2. The number of hydrogen-bond acceptors (Lipinski definition) is 2. The average molecular weight is 1190 g/mol. The number of fused-ring (bicyclic) bond motifs is 1. The fourth-order valence-corrected chi connectivity index (χ4v) is 9.04. The first-order valence-electron chi connectivity index (χ1n) is 22.8. The van der Waals surface area contributed by atoms with Crippen LogP contribution in [-0.4, -0.2) is 16.9 Å². The summed E-state index contributed by atoms with van der Waals surface area (Å²) in [5, 5.41) is 2.19. The molecule has 0 bridgehead atoms. The van der Waals surface area contributed by atoms with Crippen LogP contribution in [0.2, 0.25) is 0 Å². The van der Waals surface area contributed by atoms with Crippen molar-refractivity contribution in [3.8, 4) is 0 Å². The molecular weight excluding hydrogens is 1160 g/mol. The van der Waals surface area contributed by atoms with Crippen molar-refractivity contribution in [3.63, 3.8) is 0 Å². The van der Waals surface area contributed by atoms with Gasteiger partial charge in [0.2, 0.25) is 0 Å². The Hall–Kier alpha value is -8.07. The van der Waals surface area contributed by atoms with E-state index in [0.717, 1.165) is 16.3 Å². The Morgan fingerprint density at radius 2 is 0.671 bits per heavy atom. The summed E-state index contributed by atoms with van der Waals surface area (Å²) in [4.78, 5) is 17.2. The molecule has 1 heterocycles. The van der Waals surface area contributed by atoms with Crippen molar-refractivity contribution < 1.29 is 115 Å². The van der Waals surface area contributed by atoms with E-state index < -0.39 is 195 Å². The van der Waals surface area contributed by atoms with Gasteiger partial charge in [-0.3, -0.25) is 9.78 Å². The van der Waals surface area contributed by atoms with Crippen molar-refractivity contribution in [1.82, 2.24) is 4.98 Å². The molecule has 7 aromatic carbocycles. The third kappa shape index (κ3) is 13.6. The number of nitrogens with zero attached hydrogens (tertiary/aromatic N) is 2. The van der Waals surface area contributed by atoms with Crippen LogP contribution in [0.5, 0.6) is 0 Å². The monoisotopic (exact) mass is 1190 g/mol. The van der Waals surface area contributed by atoms with Crippen molar-refractivity contribution in [2.24, 2.45) is 0 Å². The Morgan fingerprint density at radius 3 is 0.988 bits per heavy atom. The summed E-state index contributed by atoms with van der Waals surface area (Å²) < 4.78 is 343. The van der Waals surface area contributed by atoms with Crippen LogP contribution in [0.4, 0.5) is 105 Å². The van der Waals surface area contributed by atoms with Gasteiger partial charge in [-0.2, -0.15) is 132 Å². The minimum absolute atomic E-state index is 0.0187. The van der Waals surface area contributed by atoms with Gasteiger partial charge in [0.1, 0.15) is 12.3 Å². The smallest absolute Gasteiger partial charge is 0.282 e. The maximum absolute atomic E-state index is 14.2. The van der Waals surface area contributed by atoms with Gasteiger partial charge < -0.3 is 0 Å². The zero-order valence-corrected chi connectivity index (χ0v) is 40.2. The molecule has 3 nitrogen and oxygen atoms in total. The zero-order valence-electron chi connectivity index (χ0n) is 40.2. The van der Waals surface area contributed by atoms with Crippen LogP contribution in [0.15, 0.2) is 164 Å². The summed E-state index contributed by atoms with van der Waals surface area (Å²) in [6.45, 7) is 0.637. The first-order valence-corrected chi connectivity index (χ1v) is 22.8. The topological polar surface area (TPSA) is 33.8 Å². The molecule has 1 aromatic heterocycles. The lowest BCUT2D eigenvalue weighted by atomic mass is 9.12. The number of rotatable bonds is 8. The summed E-state index contributed by atoms with van der Waals surface area (Å²) in [5.74, 6) is -0.0187. The number of ketones is 1. The van der Waals surface area contributed by atoms with Gasteiger partial charge in [0, 0.05) is 11.1 Å². The molecule has 432 valence electrons. The molecule has 0 aliphatic heterocycles. The molecule has 28 heteroatoms. The van der Waals surface area contributed by atoms with Crippen molar-refractivity contribution in [2.75, 3.05) is 0 Å². The highest BCUT2D eigenvalue weighted by Crippen LogP contribution is 2.41. The van der Waals surface area contributed by atoms with Gasteiger partial charge in [0.15, 0.2) is 12.7 Å². The van der Waals surface area contributed by atoms with Crippen LogP contribution >= 0.6 is 0 Å². The van der Waals surface area contributed by atoms with Gasteiger partial charge in [-0.1, -0.05) is 115 Å². The summed E-state index contributed by atoms with van der Waals surface area (Å²) in [7, 11) is 0. The molecule has 82 heavy (non-hydrogen) atoms. The Morgan fingerprint density at radius 1 is 0.366 bits per heavy atom. The highest BCUT2D eigenvalue weighted by atomic mass is 19.4. The highest BCUT2D eigenvalue weighted by molar-refractivity contribution is 7.20. The van der Waals surface area contributed by atoms with Crippen molar-refractivity contribution in [3.05, 3.63) is 226 Å². The lowest BCUT2D eigenvalue weighted by molar-refractivity contribution is -0.690. The highest BCUT2D eigenvalue weighted by Gasteiger charge is 2.47. The molecule has 0 aliphatic carbocycles. The molecule has 0 saturated carbocycles. The van der Waals surface area contributed by atoms with Crippen molar-refractivity contribution in [2.45, 2.75) is 56.0 Å². The molecule has 0 N–H and O–H groups in total. The van der Waals surface area contributed by atoms with E-state index in [-0.39, 0.29) is 5.78 Å². The van der Waals surface area contributed by atoms with E-state index in [0.29, 0.717) is 17.8 Å². The van der Waals surface area contributed by atoms with Gasteiger partial charge in [0.05, 0.1) is 50.7 Å². The Bertz CT molecular complexity index is 3210. The van der Waals surface area contributed by atoms with E-state index in [1.807, 2.05) is 71.4 Å². The van der Waals surface area contributed by atoms with Gasteiger partial charge in [0.25, 0.3) is 11.5 Å². The first kappa shape index (κ1) is 61.6. The molecular formula is C54H29BF24N2O. The Balaban J connectivity index is 0.000000318. The second kappa shape index (κ2) is 21.7. The molecule has 0 saturated heterocycles. The predicted octanol–water partition coefficient (Wildman–Crippen LogP) is 15.0. The van der Waals surface area contributed by atoms with Crippen LogP contribution < -0.4 is 26.4 Å². The molecule has 0 radical (unpaired) electrons. The number of carbonyl (C=O) groups excluding carboxylic acids is 1. The number of aromatic nitrogens is 2. The Kier molecular flexibility index (Phi) is 16.3. The third-order valence-electron chi connectivity index (χ3n) is 12.7. The fraction of sp³-hybridized carbons (Fsp3) is 0.167. The largest absolute Gasteiger partial charge is 0.416 e. The van der Waals surface area contributed by atoms with Crippen LogP contribution in [0.3, 0.4) is 0 Å². The molecule has 0 fully saturated rings. The van der Waals surface area contributed by atoms with Gasteiger partial charge in [-0.25, -0.2) is 0 Å². The molecule has 0 amide bonds. The molecule has 0 spiro atoms. The van der Waals surface area contributed by atoms with Gasteiger partial charge in [-0.15, -0.1) is 0 Å². The summed E-state index contributed by atoms with van der Waals surface area (Å²) in [6, 6.07) is 15.1. The molecule has 0 unspecified atom stereocenters. The van der Waals surface area contributed by atoms with Crippen LogP contribution in [0, 0.1) is 0 Å². The zero-order chi connectivity index (χ0) is 61.0. The Labute approximate surface area is 445 Å². The first-order chi connectivity index (χ1) is 37.6. The van der Waals surface area contributed by atoms with Crippen LogP contribution in [-0.2, 0) is 56.0 Å².